The van der Waals surface area contributed by atoms with Crippen LogP contribution in [0.3, 0.4) is 0 Å². The first kappa shape index (κ1) is 16.9. The van der Waals surface area contributed by atoms with Crippen LogP contribution < -0.4 is 5.32 Å². The van der Waals surface area contributed by atoms with E-state index >= 15 is 0 Å². The van der Waals surface area contributed by atoms with Gasteiger partial charge in [-0.3, -0.25) is 9.69 Å². The number of aromatic nitrogens is 1. The molecule has 0 spiro atoms. The second-order valence-corrected chi connectivity index (χ2v) is 6.53. The Morgan fingerprint density at radius 1 is 1.50 bits per heavy atom. The molecule has 3 rings (SSSR count). The fourth-order valence-electron chi connectivity index (χ4n) is 2.98. The second kappa shape index (κ2) is 6.91. The van der Waals surface area contributed by atoms with Crippen LogP contribution in [0.5, 0.6) is 0 Å². The predicted molar refractivity (Wildman–Crippen MR) is 88.5 cm³/mol. The van der Waals surface area contributed by atoms with E-state index in [1.165, 1.54) is 12.1 Å². The minimum Gasteiger partial charge on any atom is -0.361 e. The van der Waals surface area contributed by atoms with Crippen molar-refractivity contribution in [3.63, 3.8) is 0 Å². The van der Waals surface area contributed by atoms with Gasteiger partial charge in [0.25, 0.3) is 5.91 Å². The molecule has 1 aromatic carbocycles. The summed E-state index contributed by atoms with van der Waals surface area (Å²) in [5.74, 6) is 0.00576. The number of aryl methyl sites for hydroxylation is 2. The molecule has 1 N–H and O–H groups in total. The van der Waals surface area contributed by atoms with Crippen molar-refractivity contribution < 1.29 is 13.7 Å². The summed E-state index contributed by atoms with van der Waals surface area (Å²) < 4.78 is 18.5. The van der Waals surface area contributed by atoms with Gasteiger partial charge in [-0.15, -0.1) is 0 Å². The van der Waals surface area contributed by atoms with E-state index in [0.717, 1.165) is 49.1 Å². The summed E-state index contributed by atoms with van der Waals surface area (Å²) in [6.45, 7) is 6.16. The van der Waals surface area contributed by atoms with E-state index in [4.69, 9.17) is 16.1 Å². The Labute approximate surface area is 144 Å². The first-order chi connectivity index (χ1) is 11.4. The Bertz CT molecular complexity index is 743. The summed E-state index contributed by atoms with van der Waals surface area (Å²) in [7, 11) is 0. The SMILES string of the molecule is Cc1noc(C)c1CN1CC[C@@H](NC(=O)c2cc(F)ccc2Cl)C1. The van der Waals surface area contributed by atoms with Crippen LogP contribution in [0.15, 0.2) is 22.7 Å². The van der Waals surface area contributed by atoms with Crippen molar-refractivity contribution in [1.82, 2.24) is 15.4 Å². The molecule has 1 aliphatic rings. The lowest BCUT2D eigenvalue weighted by Gasteiger charge is -2.17. The normalized spacial score (nSPS) is 18.1. The van der Waals surface area contributed by atoms with Gasteiger partial charge >= 0.3 is 0 Å². The zero-order valence-electron chi connectivity index (χ0n) is 13.6. The lowest BCUT2D eigenvalue weighted by molar-refractivity contribution is 0.0937. The molecule has 7 heteroatoms. The van der Waals surface area contributed by atoms with Gasteiger partial charge < -0.3 is 9.84 Å². The Morgan fingerprint density at radius 2 is 2.29 bits per heavy atom. The van der Waals surface area contributed by atoms with Crippen molar-refractivity contribution in [2.24, 2.45) is 0 Å². The van der Waals surface area contributed by atoms with Gasteiger partial charge in [-0.1, -0.05) is 16.8 Å². The summed E-state index contributed by atoms with van der Waals surface area (Å²) in [6.07, 6.45) is 0.835. The minimum atomic E-state index is -0.476. The summed E-state index contributed by atoms with van der Waals surface area (Å²) in [5, 5.41) is 7.14. The molecule has 1 saturated heterocycles. The van der Waals surface area contributed by atoms with Crippen LogP contribution in [-0.4, -0.2) is 35.1 Å². The first-order valence-electron chi connectivity index (χ1n) is 7.84. The monoisotopic (exact) mass is 351 g/mol. The molecule has 0 aliphatic carbocycles. The van der Waals surface area contributed by atoms with E-state index < -0.39 is 5.82 Å². The summed E-state index contributed by atoms with van der Waals surface area (Å²) in [5.41, 5.74) is 2.16. The van der Waals surface area contributed by atoms with E-state index in [0.29, 0.717) is 0 Å². The number of rotatable bonds is 4. The second-order valence-electron chi connectivity index (χ2n) is 6.12. The molecule has 0 radical (unpaired) electrons. The maximum absolute atomic E-state index is 13.3. The fraction of sp³-hybridized carbons (Fsp3) is 0.412. The highest BCUT2D eigenvalue weighted by atomic mass is 35.5. The lowest BCUT2D eigenvalue weighted by Crippen LogP contribution is -2.37. The number of benzene rings is 1. The average molecular weight is 352 g/mol. The molecule has 0 unspecified atom stereocenters. The van der Waals surface area contributed by atoms with Crippen LogP contribution in [-0.2, 0) is 6.54 Å². The van der Waals surface area contributed by atoms with Gasteiger partial charge in [-0.2, -0.15) is 0 Å². The highest BCUT2D eigenvalue weighted by Crippen LogP contribution is 2.20. The summed E-state index contributed by atoms with van der Waals surface area (Å²) in [4.78, 5) is 14.5. The van der Waals surface area contributed by atoms with Crippen molar-refractivity contribution in [1.29, 1.82) is 0 Å². The third-order valence-electron chi connectivity index (χ3n) is 4.34. The fourth-order valence-corrected chi connectivity index (χ4v) is 3.18. The van der Waals surface area contributed by atoms with Crippen LogP contribution in [0.4, 0.5) is 4.39 Å². The molecule has 128 valence electrons. The highest BCUT2D eigenvalue weighted by molar-refractivity contribution is 6.33. The third-order valence-corrected chi connectivity index (χ3v) is 4.67. The molecule has 0 saturated carbocycles. The van der Waals surface area contributed by atoms with Crippen molar-refractivity contribution in [2.45, 2.75) is 32.9 Å². The van der Waals surface area contributed by atoms with E-state index in [-0.39, 0.29) is 22.5 Å². The zero-order chi connectivity index (χ0) is 17.3. The number of hydrogen-bond acceptors (Lipinski definition) is 4. The molecular formula is C17H19ClFN3O2. The van der Waals surface area contributed by atoms with Crippen LogP contribution in [0.1, 0.15) is 33.8 Å². The molecule has 1 fully saturated rings. The quantitative estimate of drug-likeness (QED) is 0.919. The number of likely N-dealkylation sites (tertiary alicyclic amines) is 1. The van der Waals surface area contributed by atoms with E-state index in [2.05, 4.69) is 15.4 Å². The molecule has 0 bridgehead atoms. The van der Waals surface area contributed by atoms with Crippen molar-refractivity contribution in [3.8, 4) is 0 Å². The maximum Gasteiger partial charge on any atom is 0.253 e. The number of halogens is 2. The molecule has 1 amide bonds. The minimum absolute atomic E-state index is 0.0114. The molecular weight excluding hydrogens is 333 g/mol. The number of nitrogens with zero attached hydrogens (tertiary/aromatic N) is 2. The molecule has 1 aliphatic heterocycles. The van der Waals surface area contributed by atoms with Crippen molar-refractivity contribution in [3.05, 3.63) is 51.6 Å². The summed E-state index contributed by atoms with van der Waals surface area (Å²) in [6, 6.07) is 3.80. The van der Waals surface area contributed by atoms with E-state index in [1.54, 1.807) is 0 Å². The van der Waals surface area contributed by atoms with Gasteiger partial charge in [0.15, 0.2) is 0 Å². The van der Waals surface area contributed by atoms with Gasteiger partial charge in [-0.05, 0) is 38.5 Å². The smallest absolute Gasteiger partial charge is 0.253 e. The lowest BCUT2D eigenvalue weighted by atomic mass is 10.1. The van der Waals surface area contributed by atoms with Crippen LogP contribution in [0, 0.1) is 19.7 Å². The maximum atomic E-state index is 13.3. The number of carbonyl (C=O) groups excluding carboxylic acids is 1. The Hall–Kier alpha value is -1.92. The highest BCUT2D eigenvalue weighted by Gasteiger charge is 2.26. The Kier molecular flexibility index (Phi) is 4.87. The Morgan fingerprint density at radius 3 is 3.00 bits per heavy atom. The van der Waals surface area contributed by atoms with Crippen molar-refractivity contribution in [2.75, 3.05) is 13.1 Å². The molecule has 24 heavy (non-hydrogen) atoms. The van der Waals surface area contributed by atoms with Gasteiger partial charge in [0.2, 0.25) is 0 Å². The first-order valence-corrected chi connectivity index (χ1v) is 8.22. The molecule has 1 atom stereocenters. The number of carbonyl (C=O) groups is 1. The Balaban J connectivity index is 1.60. The van der Waals surface area contributed by atoms with Gasteiger partial charge in [-0.25, -0.2) is 4.39 Å². The standard InChI is InChI=1S/C17H19ClFN3O2/c1-10-15(11(2)24-21-10)9-22-6-5-13(8-22)20-17(23)14-7-12(19)3-4-16(14)18/h3-4,7,13H,5-6,8-9H2,1-2H3,(H,20,23)/t13-/m1/s1. The van der Waals surface area contributed by atoms with E-state index in [1.807, 2.05) is 13.8 Å². The largest absolute Gasteiger partial charge is 0.361 e. The van der Waals surface area contributed by atoms with Crippen LogP contribution in [0.2, 0.25) is 5.02 Å². The van der Waals surface area contributed by atoms with Crippen molar-refractivity contribution >= 4 is 17.5 Å². The molecule has 2 heterocycles. The third kappa shape index (κ3) is 3.60. The number of nitrogens with one attached hydrogen (secondary N) is 1. The van der Waals surface area contributed by atoms with Crippen LogP contribution >= 0.6 is 11.6 Å². The molecule has 2 aromatic rings. The van der Waals surface area contributed by atoms with Gasteiger partial charge in [0, 0.05) is 31.2 Å². The molecule has 1 aromatic heterocycles. The predicted octanol–water partition coefficient (Wildman–Crippen LogP) is 3.09. The van der Waals surface area contributed by atoms with E-state index in [9.17, 15) is 9.18 Å². The average Bonchev–Trinajstić information content (AvgIpc) is 3.11. The van der Waals surface area contributed by atoms with Gasteiger partial charge in [0.05, 0.1) is 16.3 Å². The van der Waals surface area contributed by atoms with Gasteiger partial charge in [0.1, 0.15) is 11.6 Å². The van der Waals surface area contributed by atoms with Crippen LogP contribution in [0.25, 0.3) is 0 Å². The zero-order valence-corrected chi connectivity index (χ0v) is 14.4. The number of hydrogen-bond donors (Lipinski definition) is 1. The number of amides is 1. The summed E-state index contributed by atoms with van der Waals surface area (Å²) >= 11 is 5.98. The molecule has 5 nitrogen and oxygen atoms in total. The topological polar surface area (TPSA) is 58.4 Å².